The first-order valence-electron chi connectivity index (χ1n) is 9.38. The average Bonchev–Trinajstić information content (AvgIpc) is 2.71. The van der Waals surface area contributed by atoms with Crippen LogP contribution in [0.3, 0.4) is 0 Å². The average molecular weight is 417 g/mol. The zero-order valence-corrected chi connectivity index (χ0v) is 16.5. The molecule has 0 heterocycles. The number of nitrogens with two attached hydrogens (primary N) is 2. The largest absolute Gasteiger partial charge is 0.384 e. The topological polar surface area (TPSA) is 134 Å². The van der Waals surface area contributed by atoms with Crippen molar-refractivity contribution in [3.8, 4) is 0 Å². The highest BCUT2D eigenvalue weighted by atomic mass is 19.1. The number of carbonyl (C=O) groups excluding carboxylic acids is 2. The molecule has 0 spiro atoms. The maximum atomic E-state index is 13.7. The number of carbonyl (C=O) groups is 2. The molecule has 2 aromatic carbocycles. The Bertz CT molecular complexity index is 918. The van der Waals surface area contributed by atoms with Gasteiger partial charge in [-0.25, -0.2) is 8.78 Å². The molecule has 9 heteroatoms. The summed E-state index contributed by atoms with van der Waals surface area (Å²) in [6.45, 7) is 1.77. The van der Waals surface area contributed by atoms with E-state index in [1.165, 1.54) is 13.0 Å². The van der Waals surface area contributed by atoms with E-state index in [1.807, 2.05) is 0 Å². The van der Waals surface area contributed by atoms with Crippen LogP contribution in [0.15, 0.2) is 42.5 Å². The van der Waals surface area contributed by atoms with Crippen molar-refractivity contribution in [3.63, 3.8) is 0 Å². The van der Waals surface area contributed by atoms with Gasteiger partial charge in [-0.3, -0.25) is 15.0 Å². The molecule has 0 saturated heterocycles. The van der Waals surface area contributed by atoms with Gasteiger partial charge in [0.25, 0.3) is 0 Å². The molecule has 2 amide bonds. The third-order valence-electron chi connectivity index (χ3n) is 4.56. The predicted octanol–water partition coefficient (Wildman–Crippen LogP) is 1.33. The number of nitrogen functional groups attached to an aromatic ring is 1. The molecular weight excluding hydrogens is 392 g/mol. The second kappa shape index (κ2) is 10.4. The molecule has 0 unspecified atom stereocenters. The van der Waals surface area contributed by atoms with Crippen LogP contribution >= 0.6 is 0 Å². The van der Waals surface area contributed by atoms with Crippen LogP contribution in [0.1, 0.15) is 30.0 Å². The van der Waals surface area contributed by atoms with Gasteiger partial charge in [0.05, 0.1) is 6.04 Å². The van der Waals surface area contributed by atoms with E-state index in [1.54, 1.807) is 24.3 Å². The Kier molecular flexibility index (Phi) is 7.99. The molecule has 7 N–H and O–H groups in total. The zero-order valence-electron chi connectivity index (χ0n) is 16.5. The minimum absolute atomic E-state index is 0.0413. The van der Waals surface area contributed by atoms with Gasteiger partial charge in [0, 0.05) is 18.2 Å². The van der Waals surface area contributed by atoms with E-state index in [0.29, 0.717) is 5.56 Å². The van der Waals surface area contributed by atoms with E-state index in [2.05, 4.69) is 10.6 Å². The fourth-order valence-electron chi connectivity index (χ4n) is 2.70. The van der Waals surface area contributed by atoms with Gasteiger partial charge in [-0.1, -0.05) is 30.3 Å². The number of aryl methyl sites for hydroxylation is 1. The van der Waals surface area contributed by atoms with Crippen LogP contribution in [0, 0.1) is 17.0 Å². The molecule has 0 bridgehead atoms. The maximum Gasteiger partial charge on any atom is 0.242 e. The predicted molar refractivity (Wildman–Crippen MR) is 110 cm³/mol. The van der Waals surface area contributed by atoms with Crippen molar-refractivity contribution < 1.29 is 18.4 Å². The summed E-state index contributed by atoms with van der Waals surface area (Å²) in [5.41, 5.74) is 12.9. The lowest BCUT2D eigenvalue weighted by atomic mass is 10.0. The highest BCUT2D eigenvalue weighted by molar-refractivity contribution is 5.94. The standard InChI is InChI=1S/C21H25F2N5O2/c1-12(20(29)27-11-13-2-4-15(5-3-13)19(25)26)28-21(30)18(24)9-7-14-6-8-16(22)10-17(14)23/h2-6,8,10,12,18H,7,9,11,24H2,1H3,(H3,25,26)(H,27,29)(H,28,30)/t12-,18+/m0/s1. The summed E-state index contributed by atoms with van der Waals surface area (Å²) < 4.78 is 26.6. The van der Waals surface area contributed by atoms with Crippen molar-refractivity contribution in [2.24, 2.45) is 11.5 Å². The van der Waals surface area contributed by atoms with Gasteiger partial charge < -0.3 is 22.1 Å². The summed E-state index contributed by atoms with van der Waals surface area (Å²) in [6.07, 6.45) is 0.308. The van der Waals surface area contributed by atoms with E-state index in [-0.39, 0.29) is 30.8 Å². The Hall–Kier alpha value is -3.33. The van der Waals surface area contributed by atoms with Crippen LogP contribution in [-0.4, -0.2) is 29.7 Å². The van der Waals surface area contributed by atoms with Crippen molar-refractivity contribution in [1.82, 2.24) is 10.6 Å². The van der Waals surface area contributed by atoms with E-state index in [0.717, 1.165) is 17.7 Å². The third kappa shape index (κ3) is 6.63. The quantitative estimate of drug-likeness (QED) is 0.311. The Labute approximate surface area is 173 Å². The number of hydrogen-bond donors (Lipinski definition) is 5. The van der Waals surface area contributed by atoms with Crippen molar-refractivity contribution in [2.75, 3.05) is 0 Å². The molecule has 0 aromatic heterocycles. The van der Waals surface area contributed by atoms with Crippen molar-refractivity contribution in [2.45, 2.75) is 38.4 Å². The van der Waals surface area contributed by atoms with Crippen LogP contribution in [0.5, 0.6) is 0 Å². The Balaban J connectivity index is 1.79. The molecule has 0 aliphatic heterocycles. The maximum absolute atomic E-state index is 13.7. The summed E-state index contributed by atoms with van der Waals surface area (Å²) >= 11 is 0. The SMILES string of the molecule is C[C@H](NC(=O)[C@H](N)CCc1ccc(F)cc1F)C(=O)NCc1ccc(C(=N)N)cc1. The third-order valence-corrected chi connectivity index (χ3v) is 4.56. The molecule has 30 heavy (non-hydrogen) atoms. The normalized spacial score (nSPS) is 12.7. The van der Waals surface area contributed by atoms with E-state index < -0.39 is 35.5 Å². The lowest BCUT2D eigenvalue weighted by molar-refractivity contribution is -0.129. The highest BCUT2D eigenvalue weighted by Gasteiger charge is 2.20. The minimum atomic E-state index is -0.941. The summed E-state index contributed by atoms with van der Waals surface area (Å²) in [5.74, 6) is -2.33. The number of hydrogen-bond acceptors (Lipinski definition) is 4. The van der Waals surface area contributed by atoms with Gasteiger partial charge in [-0.05, 0) is 37.0 Å². The molecule has 160 valence electrons. The van der Waals surface area contributed by atoms with Gasteiger partial charge in [0.15, 0.2) is 0 Å². The van der Waals surface area contributed by atoms with Crippen LogP contribution in [0.4, 0.5) is 8.78 Å². The molecule has 0 aliphatic rings. The molecule has 2 aromatic rings. The Morgan fingerprint density at radius 2 is 1.77 bits per heavy atom. The fraction of sp³-hybridized carbons (Fsp3) is 0.286. The second-order valence-corrected chi connectivity index (χ2v) is 6.94. The molecule has 0 fully saturated rings. The molecular formula is C21H25F2N5O2. The molecule has 2 atom stereocenters. The van der Waals surface area contributed by atoms with Gasteiger partial charge in [0.1, 0.15) is 23.5 Å². The lowest BCUT2D eigenvalue weighted by Crippen LogP contribution is -2.50. The number of nitrogens with one attached hydrogen (secondary N) is 3. The van der Waals surface area contributed by atoms with Gasteiger partial charge >= 0.3 is 0 Å². The first kappa shape index (κ1) is 23.0. The fourth-order valence-corrected chi connectivity index (χ4v) is 2.70. The number of amidine groups is 1. The summed E-state index contributed by atoms with van der Waals surface area (Å²) in [5, 5.41) is 12.6. The van der Waals surface area contributed by atoms with Crippen LogP contribution in [0.25, 0.3) is 0 Å². The number of amides is 2. The van der Waals surface area contributed by atoms with Crippen molar-refractivity contribution in [3.05, 3.63) is 70.8 Å². The lowest BCUT2D eigenvalue weighted by Gasteiger charge is -2.17. The zero-order chi connectivity index (χ0) is 22.3. The van der Waals surface area contributed by atoms with Crippen LogP contribution < -0.4 is 22.1 Å². The van der Waals surface area contributed by atoms with Gasteiger partial charge in [-0.15, -0.1) is 0 Å². The molecule has 0 aliphatic carbocycles. The van der Waals surface area contributed by atoms with Gasteiger partial charge in [-0.2, -0.15) is 0 Å². The first-order chi connectivity index (χ1) is 14.2. The van der Waals surface area contributed by atoms with Crippen LogP contribution in [0.2, 0.25) is 0 Å². The van der Waals surface area contributed by atoms with E-state index in [4.69, 9.17) is 16.9 Å². The van der Waals surface area contributed by atoms with E-state index >= 15 is 0 Å². The summed E-state index contributed by atoms with van der Waals surface area (Å²) in [7, 11) is 0. The van der Waals surface area contributed by atoms with E-state index in [9.17, 15) is 18.4 Å². The molecule has 0 saturated carbocycles. The minimum Gasteiger partial charge on any atom is -0.384 e. The number of benzene rings is 2. The number of rotatable bonds is 9. The van der Waals surface area contributed by atoms with Crippen molar-refractivity contribution >= 4 is 17.6 Å². The van der Waals surface area contributed by atoms with Crippen molar-refractivity contribution in [1.29, 1.82) is 5.41 Å². The number of halogens is 2. The first-order valence-corrected chi connectivity index (χ1v) is 9.38. The second-order valence-electron chi connectivity index (χ2n) is 6.94. The Morgan fingerprint density at radius 1 is 1.10 bits per heavy atom. The van der Waals surface area contributed by atoms with Gasteiger partial charge in [0.2, 0.25) is 11.8 Å². The smallest absolute Gasteiger partial charge is 0.242 e. The monoisotopic (exact) mass is 417 g/mol. The molecule has 2 rings (SSSR count). The molecule has 7 nitrogen and oxygen atoms in total. The van der Waals surface area contributed by atoms with Crippen LogP contribution in [-0.2, 0) is 22.6 Å². The Morgan fingerprint density at radius 3 is 2.37 bits per heavy atom. The molecule has 0 radical (unpaired) electrons. The highest BCUT2D eigenvalue weighted by Crippen LogP contribution is 2.12. The summed E-state index contributed by atoms with van der Waals surface area (Å²) in [6, 6.07) is 8.32. The summed E-state index contributed by atoms with van der Waals surface area (Å²) in [4.78, 5) is 24.4.